The number of rotatable bonds is 7. The van der Waals surface area contributed by atoms with Gasteiger partial charge in [-0.25, -0.2) is 14.6 Å². The summed E-state index contributed by atoms with van der Waals surface area (Å²) in [5.41, 5.74) is 2.93. The Balaban J connectivity index is 1.74. The predicted octanol–water partition coefficient (Wildman–Crippen LogP) is 5.16. The Labute approximate surface area is 195 Å². The van der Waals surface area contributed by atoms with Gasteiger partial charge in [-0.1, -0.05) is 29.3 Å². The predicted molar refractivity (Wildman–Crippen MR) is 124 cm³/mol. The van der Waals surface area contributed by atoms with Crippen LogP contribution in [0.2, 0.25) is 10.0 Å². The Hall–Kier alpha value is -3.36. The summed E-state index contributed by atoms with van der Waals surface area (Å²) >= 11 is 12.7. The highest BCUT2D eigenvalue weighted by atomic mass is 35.5. The summed E-state index contributed by atoms with van der Waals surface area (Å²) in [5.74, 6) is 1.99. The molecular formula is C22H20Cl2N6O2. The van der Waals surface area contributed by atoms with Crippen molar-refractivity contribution in [1.82, 2.24) is 24.7 Å². The number of hydrogen-bond acceptors (Lipinski definition) is 7. The first-order valence-electron chi connectivity index (χ1n) is 9.64. The quantitative estimate of drug-likeness (QED) is 0.399. The van der Waals surface area contributed by atoms with Crippen molar-refractivity contribution in [2.75, 3.05) is 19.5 Å². The summed E-state index contributed by atoms with van der Waals surface area (Å²) in [6.07, 6.45) is 4.97. The first-order chi connectivity index (χ1) is 15.5. The smallest absolute Gasteiger partial charge is 0.215 e. The second-order valence-corrected chi connectivity index (χ2v) is 7.63. The fourth-order valence-electron chi connectivity index (χ4n) is 3.24. The monoisotopic (exact) mass is 470 g/mol. The van der Waals surface area contributed by atoms with Gasteiger partial charge in [-0.2, -0.15) is 5.10 Å². The Morgan fingerprint density at radius 3 is 2.41 bits per heavy atom. The van der Waals surface area contributed by atoms with E-state index in [2.05, 4.69) is 20.3 Å². The third-order valence-electron chi connectivity index (χ3n) is 4.82. The van der Waals surface area contributed by atoms with Gasteiger partial charge in [0, 0.05) is 39.3 Å². The van der Waals surface area contributed by atoms with Gasteiger partial charge in [-0.3, -0.25) is 4.98 Å². The molecule has 0 saturated heterocycles. The molecule has 0 aliphatic rings. The molecule has 4 aromatic rings. The maximum atomic E-state index is 6.35. The number of methoxy groups -OCH3 is 2. The highest BCUT2D eigenvalue weighted by Crippen LogP contribution is 2.33. The number of nitrogens with zero attached hydrogens (tertiary/aromatic N) is 5. The zero-order valence-corrected chi connectivity index (χ0v) is 19.1. The van der Waals surface area contributed by atoms with Crippen molar-refractivity contribution in [3.05, 3.63) is 70.1 Å². The number of benzene rings is 1. The fraction of sp³-hybridized carbons (Fsp3) is 0.182. The first kappa shape index (κ1) is 21.9. The normalized spacial score (nSPS) is 10.8. The molecule has 0 atom stereocenters. The van der Waals surface area contributed by atoms with Crippen LogP contribution in [-0.4, -0.2) is 39.0 Å². The molecule has 0 aliphatic heterocycles. The summed E-state index contributed by atoms with van der Waals surface area (Å²) < 4.78 is 12.7. The number of hydrogen-bond donors (Lipinski definition) is 1. The standard InChI is InChI=1S/C22H20Cl2N6O2/c1-13-19(29-30(22(13)32-3)12-15-16(23)5-4-6-17(15)24)21-26-11-18(31-2)20(28-21)27-14-7-9-25-10-8-14/h4-11H,12H2,1-3H3,(H,25,26,27,28). The van der Waals surface area contributed by atoms with Crippen molar-refractivity contribution in [2.24, 2.45) is 0 Å². The van der Waals surface area contributed by atoms with Gasteiger partial charge in [0.05, 0.1) is 27.0 Å². The van der Waals surface area contributed by atoms with E-state index in [1.54, 1.807) is 55.7 Å². The summed E-state index contributed by atoms with van der Waals surface area (Å²) in [6, 6.07) is 9.04. The second-order valence-electron chi connectivity index (χ2n) is 6.81. The minimum absolute atomic E-state index is 0.334. The molecule has 0 bridgehead atoms. The largest absolute Gasteiger partial charge is 0.491 e. The molecule has 32 heavy (non-hydrogen) atoms. The molecular weight excluding hydrogens is 451 g/mol. The molecule has 10 heteroatoms. The van der Waals surface area contributed by atoms with Crippen LogP contribution >= 0.6 is 23.2 Å². The molecule has 1 N–H and O–H groups in total. The SMILES string of the molecule is COc1cnc(-c2nn(Cc3c(Cl)cccc3Cl)c(OC)c2C)nc1Nc1ccncc1. The van der Waals surface area contributed by atoms with Gasteiger partial charge >= 0.3 is 0 Å². The summed E-state index contributed by atoms with van der Waals surface area (Å²) in [4.78, 5) is 13.1. The van der Waals surface area contributed by atoms with Gasteiger partial charge in [0.2, 0.25) is 5.88 Å². The third kappa shape index (κ3) is 4.32. The number of halogens is 2. The van der Waals surface area contributed by atoms with E-state index in [0.29, 0.717) is 45.6 Å². The van der Waals surface area contributed by atoms with Crippen molar-refractivity contribution in [3.8, 4) is 23.1 Å². The first-order valence-corrected chi connectivity index (χ1v) is 10.4. The van der Waals surface area contributed by atoms with E-state index < -0.39 is 0 Å². The van der Waals surface area contributed by atoms with Crippen molar-refractivity contribution in [3.63, 3.8) is 0 Å². The molecule has 0 radical (unpaired) electrons. The van der Waals surface area contributed by atoms with Crippen LogP contribution in [0.15, 0.2) is 48.9 Å². The Morgan fingerprint density at radius 2 is 1.75 bits per heavy atom. The molecule has 8 nitrogen and oxygen atoms in total. The Kier molecular flexibility index (Phi) is 6.43. The molecule has 0 aliphatic carbocycles. The maximum Gasteiger partial charge on any atom is 0.215 e. The third-order valence-corrected chi connectivity index (χ3v) is 5.53. The zero-order chi connectivity index (χ0) is 22.7. The minimum Gasteiger partial charge on any atom is -0.491 e. The van der Waals surface area contributed by atoms with Crippen LogP contribution in [0.5, 0.6) is 11.6 Å². The molecule has 1 aromatic carbocycles. The van der Waals surface area contributed by atoms with Gasteiger partial charge in [-0.05, 0) is 31.2 Å². The van der Waals surface area contributed by atoms with E-state index in [0.717, 1.165) is 16.8 Å². The Bertz CT molecular complexity index is 1230. The van der Waals surface area contributed by atoms with Crippen molar-refractivity contribution in [2.45, 2.75) is 13.5 Å². The molecule has 0 unspecified atom stereocenters. The van der Waals surface area contributed by atoms with Crippen LogP contribution in [0, 0.1) is 6.92 Å². The average Bonchev–Trinajstić information content (AvgIpc) is 3.12. The van der Waals surface area contributed by atoms with Crippen molar-refractivity contribution in [1.29, 1.82) is 0 Å². The summed E-state index contributed by atoms with van der Waals surface area (Å²) in [6.45, 7) is 2.23. The highest BCUT2D eigenvalue weighted by Gasteiger charge is 2.21. The maximum absolute atomic E-state index is 6.35. The van der Waals surface area contributed by atoms with E-state index >= 15 is 0 Å². The van der Waals surface area contributed by atoms with Gasteiger partial charge in [0.1, 0.15) is 5.69 Å². The van der Waals surface area contributed by atoms with Crippen LogP contribution in [-0.2, 0) is 6.54 Å². The lowest BCUT2D eigenvalue weighted by Crippen LogP contribution is -2.06. The van der Waals surface area contributed by atoms with Gasteiger partial charge in [0.25, 0.3) is 0 Å². The molecule has 4 rings (SSSR count). The highest BCUT2D eigenvalue weighted by molar-refractivity contribution is 6.35. The number of aromatic nitrogens is 5. The topological polar surface area (TPSA) is 87.0 Å². The second kappa shape index (κ2) is 9.42. The molecule has 0 saturated carbocycles. The minimum atomic E-state index is 0.334. The van der Waals surface area contributed by atoms with E-state index in [1.807, 2.05) is 19.1 Å². The lowest BCUT2D eigenvalue weighted by atomic mass is 10.2. The van der Waals surface area contributed by atoms with E-state index in [1.165, 1.54) is 0 Å². The van der Waals surface area contributed by atoms with E-state index in [9.17, 15) is 0 Å². The van der Waals surface area contributed by atoms with Gasteiger partial charge < -0.3 is 14.8 Å². The fourth-order valence-corrected chi connectivity index (χ4v) is 3.76. The van der Waals surface area contributed by atoms with Crippen LogP contribution < -0.4 is 14.8 Å². The van der Waals surface area contributed by atoms with Crippen molar-refractivity contribution >= 4 is 34.7 Å². The van der Waals surface area contributed by atoms with Crippen LogP contribution in [0.4, 0.5) is 11.5 Å². The Morgan fingerprint density at radius 1 is 1.03 bits per heavy atom. The molecule has 0 fully saturated rings. The zero-order valence-electron chi connectivity index (χ0n) is 17.6. The summed E-state index contributed by atoms with van der Waals surface area (Å²) in [5, 5.41) is 9.04. The van der Waals surface area contributed by atoms with E-state index in [-0.39, 0.29) is 0 Å². The van der Waals surface area contributed by atoms with Crippen LogP contribution in [0.1, 0.15) is 11.1 Å². The average molecular weight is 471 g/mol. The van der Waals surface area contributed by atoms with Gasteiger partial charge in [-0.15, -0.1) is 0 Å². The lowest BCUT2D eigenvalue weighted by Gasteiger charge is -2.10. The summed E-state index contributed by atoms with van der Waals surface area (Å²) in [7, 11) is 3.15. The molecule has 3 heterocycles. The van der Waals surface area contributed by atoms with E-state index in [4.69, 9.17) is 37.8 Å². The van der Waals surface area contributed by atoms with Crippen LogP contribution in [0.3, 0.4) is 0 Å². The van der Waals surface area contributed by atoms with Gasteiger partial charge in [0.15, 0.2) is 17.4 Å². The number of pyridine rings is 1. The van der Waals surface area contributed by atoms with Crippen molar-refractivity contribution < 1.29 is 9.47 Å². The number of anilines is 2. The molecule has 0 amide bonds. The molecule has 3 aromatic heterocycles. The number of ether oxygens (including phenoxy) is 2. The molecule has 0 spiro atoms. The molecule has 164 valence electrons. The number of nitrogens with one attached hydrogen (secondary N) is 1. The lowest BCUT2D eigenvalue weighted by molar-refractivity contribution is 0.364. The van der Waals surface area contributed by atoms with Crippen LogP contribution in [0.25, 0.3) is 11.5 Å².